The van der Waals surface area contributed by atoms with Crippen molar-refractivity contribution in [3.8, 4) is 17.2 Å². The third-order valence-electron chi connectivity index (χ3n) is 8.55. The van der Waals surface area contributed by atoms with Crippen molar-refractivity contribution in [3.63, 3.8) is 0 Å². The van der Waals surface area contributed by atoms with Gasteiger partial charge in [-0.2, -0.15) is 0 Å². The van der Waals surface area contributed by atoms with Gasteiger partial charge in [0.1, 0.15) is 90.5 Å². The van der Waals surface area contributed by atoms with Crippen molar-refractivity contribution in [2.45, 2.75) is 92.1 Å². The highest BCUT2D eigenvalue weighted by Crippen LogP contribution is 2.32. The van der Waals surface area contributed by atoms with Gasteiger partial charge < -0.3 is 89.7 Å². The molecule has 18 heteroatoms. The van der Waals surface area contributed by atoms with Crippen LogP contribution in [0.25, 0.3) is 12.2 Å². The van der Waals surface area contributed by atoms with E-state index in [2.05, 4.69) is 0 Å². The molecule has 0 radical (unpaired) electrons. The molecule has 0 unspecified atom stereocenters. The topological polar surface area (TPSA) is 298 Å². The molecule has 2 aromatic rings. The molecular formula is C32H42O18. The Kier molecular flexibility index (Phi) is 12.6. The molecule has 3 heterocycles. The third-order valence-corrected chi connectivity index (χ3v) is 8.55. The van der Waals surface area contributed by atoms with Gasteiger partial charge in [-0.3, -0.25) is 0 Å². The monoisotopic (exact) mass is 714 g/mol. The Morgan fingerprint density at radius 2 is 0.760 bits per heavy atom. The fourth-order valence-electron chi connectivity index (χ4n) is 5.57. The van der Waals surface area contributed by atoms with Crippen molar-refractivity contribution in [2.75, 3.05) is 19.8 Å². The van der Waals surface area contributed by atoms with Crippen LogP contribution in [-0.4, -0.2) is 173 Å². The van der Waals surface area contributed by atoms with Gasteiger partial charge in [-0.25, -0.2) is 0 Å². The van der Waals surface area contributed by atoms with Crippen LogP contribution < -0.4 is 14.2 Å². The van der Waals surface area contributed by atoms with E-state index >= 15 is 0 Å². The molecule has 0 saturated carbocycles. The van der Waals surface area contributed by atoms with E-state index in [4.69, 9.17) is 28.4 Å². The summed E-state index contributed by atoms with van der Waals surface area (Å²) in [7, 11) is 0. The van der Waals surface area contributed by atoms with Gasteiger partial charge in [-0.05, 0) is 35.4 Å². The summed E-state index contributed by atoms with van der Waals surface area (Å²) in [6, 6.07) is 10.6. The molecule has 3 aliphatic rings. The minimum atomic E-state index is -1.73. The Hall–Kier alpha value is -3.02. The predicted molar refractivity (Wildman–Crippen MR) is 165 cm³/mol. The van der Waals surface area contributed by atoms with Gasteiger partial charge in [-0.1, -0.05) is 24.3 Å². The highest BCUT2D eigenvalue weighted by molar-refractivity contribution is 5.71. The molecule has 12 N–H and O–H groups in total. The molecule has 3 saturated heterocycles. The summed E-state index contributed by atoms with van der Waals surface area (Å²) in [4.78, 5) is 0. The third kappa shape index (κ3) is 8.37. The van der Waals surface area contributed by atoms with E-state index < -0.39 is 112 Å². The van der Waals surface area contributed by atoms with Gasteiger partial charge in [0.05, 0.1) is 19.8 Å². The number of hydrogen-bond donors (Lipinski definition) is 12. The van der Waals surface area contributed by atoms with Crippen LogP contribution in [0.15, 0.2) is 42.5 Å². The van der Waals surface area contributed by atoms with E-state index in [0.29, 0.717) is 11.1 Å². The van der Waals surface area contributed by atoms with Crippen LogP contribution in [0, 0.1) is 0 Å². The molecule has 0 bridgehead atoms. The van der Waals surface area contributed by atoms with Gasteiger partial charge in [0.15, 0.2) is 0 Å². The first-order chi connectivity index (χ1) is 23.8. The Morgan fingerprint density at radius 3 is 1.12 bits per heavy atom. The van der Waals surface area contributed by atoms with E-state index in [9.17, 15) is 61.3 Å². The molecule has 2 aromatic carbocycles. The van der Waals surface area contributed by atoms with Gasteiger partial charge in [0, 0.05) is 6.07 Å². The van der Waals surface area contributed by atoms with Crippen LogP contribution in [0.4, 0.5) is 0 Å². The number of aliphatic hydroxyl groups is 12. The maximum absolute atomic E-state index is 10.5. The number of benzene rings is 2. The normalized spacial score (nSPS) is 39.3. The molecule has 0 amide bonds. The fourth-order valence-corrected chi connectivity index (χ4v) is 5.57. The lowest BCUT2D eigenvalue weighted by Crippen LogP contribution is -2.60. The zero-order chi connectivity index (χ0) is 36.3. The van der Waals surface area contributed by atoms with Crippen molar-refractivity contribution in [1.82, 2.24) is 0 Å². The largest absolute Gasteiger partial charge is 0.462 e. The summed E-state index contributed by atoms with van der Waals surface area (Å²) in [6.45, 7) is -1.99. The molecule has 278 valence electrons. The smallest absolute Gasteiger partial charge is 0.229 e. The van der Waals surface area contributed by atoms with Crippen molar-refractivity contribution in [2.24, 2.45) is 0 Å². The zero-order valence-corrected chi connectivity index (χ0v) is 26.3. The summed E-state index contributed by atoms with van der Waals surface area (Å²) in [5.74, 6) is 0.204. The summed E-state index contributed by atoms with van der Waals surface area (Å²) in [5.41, 5.74) is 1.02. The SMILES string of the molecule is OC[C@H]1O[C@@H](Oc2ccc(C=Cc3cc(O[C@@H]4O[C@H](CO)[C@@H](O)[C@H](O)[C@H]4O)cc(O[C@@H]4O[C@H](CO)[C@@H](O)[C@H](O)[C@H]4O)c3)cc2)[C@H](O)[C@@H](O)[C@@H]1O. The highest BCUT2D eigenvalue weighted by Gasteiger charge is 2.47. The number of aliphatic hydroxyl groups excluding tert-OH is 12. The summed E-state index contributed by atoms with van der Waals surface area (Å²) in [6.07, 6.45) is -19.7. The molecule has 18 nitrogen and oxygen atoms in total. The quantitative estimate of drug-likeness (QED) is 0.0975. The second-order valence-electron chi connectivity index (χ2n) is 12.1. The maximum Gasteiger partial charge on any atom is 0.229 e. The van der Waals surface area contributed by atoms with E-state index in [-0.39, 0.29) is 17.2 Å². The molecule has 50 heavy (non-hydrogen) atoms. The number of rotatable bonds is 11. The Labute approximate surface area is 284 Å². The van der Waals surface area contributed by atoms with Crippen molar-refractivity contribution in [1.29, 1.82) is 0 Å². The lowest BCUT2D eigenvalue weighted by atomic mass is 9.99. The second-order valence-corrected chi connectivity index (χ2v) is 12.1. The van der Waals surface area contributed by atoms with E-state index in [1.54, 1.807) is 24.3 Å². The molecule has 3 aliphatic heterocycles. The molecule has 0 spiro atoms. The lowest BCUT2D eigenvalue weighted by molar-refractivity contribution is -0.278. The first-order valence-corrected chi connectivity index (χ1v) is 15.7. The predicted octanol–water partition coefficient (Wildman–Crippen LogP) is -4.61. The Bertz CT molecular complexity index is 1350. The van der Waals surface area contributed by atoms with Crippen LogP contribution in [0.2, 0.25) is 0 Å². The first kappa shape index (κ1) is 38.2. The van der Waals surface area contributed by atoms with Crippen LogP contribution in [0.1, 0.15) is 11.1 Å². The minimum absolute atomic E-state index is 0.0145. The van der Waals surface area contributed by atoms with Crippen molar-refractivity contribution >= 4 is 12.2 Å². The van der Waals surface area contributed by atoms with Crippen LogP contribution >= 0.6 is 0 Å². The molecule has 0 aliphatic carbocycles. The Morgan fingerprint density at radius 1 is 0.420 bits per heavy atom. The summed E-state index contributed by atoms with van der Waals surface area (Å²) < 4.78 is 33.4. The van der Waals surface area contributed by atoms with Crippen LogP contribution in [0.3, 0.4) is 0 Å². The number of hydrogen-bond acceptors (Lipinski definition) is 18. The highest BCUT2D eigenvalue weighted by atomic mass is 16.7. The van der Waals surface area contributed by atoms with E-state index in [1.807, 2.05) is 0 Å². The maximum atomic E-state index is 10.5. The molecule has 5 rings (SSSR count). The number of ether oxygens (including phenoxy) is 6. The van der Waals surface area contributed by atoms with E-state index in [1.165, 1.54) is 30.3 Å². The fraction of sp³-hybridized carbons (Fsp3) is 0.562. The van der Waals surface area contributed by atoms with Crippen molar-refractivity contribution in [3.05, 3.63) is 53.6 Å². The minimum Gasteiger partial charge on any atom is -0.462 e. The average Bonchev–Trinajstić information content (AvgIpc) is 3.11. The van der Waals surface area contributed by atoms with Crippen LogP contribution in [-0.2, 0) is 14.2 Å². The Balaban J connectivity index is 1.36. The molecule has 3 fully saturated rings. The standard InChI is InChI=1S/C32H42O18/c33-10-18-21(36)24(39)27(42)30(48-18)45-15-5-3-13(4-6-15)1-2-14-7-16(46-31-28(43)25(40)22(37)19(11-34)49-31)9-17(8-14)47-32-29(44)26(41)23(38)20(12-35)50-32/h1-9,18-44H,10-12H2/t18-,19-,20-,21-,22-,23-,24+,25+,26+,27-,28-,29-,30-,31-,32-/m1/s1. The molecule has 15 atom stereocenters. The van der Waals surface area contributed by atoms with Crippen LogP contribution in [0.5, 0.6) is 17.2 Å². The van der Waals surface area contributed by atoms with E-state index in [0.717, 1.165) is 0 Å². The first-order valence-electron chi connectivity index (χ1n) is 15.7. The average molecular weight is 715 g/mol. The molecule has 0 aromatic heterocycles. The summed E-state index contributed by atoms with van der Waals surface area (Å²) >= 11 is 0. The van der Waals surface area contributed by atoms with Crippen molar-refractivity contribution < 1.29 is 89.7 Å². The second kappa shape index (κ2) is 16.5. The van der Waals surface area contributed by atoms with Gasteiger partial charge in [0.2, 0.25) is 18.9 Å². The zero-order valence-electron chi connectivity index (χ0n) is 26.3. The lowest BCUT2D eigenvalue weighted by Gasteiger charge is -2.40. The van der Waals surface area contributed by atoms with Gasteiger partial charge in [-0.15, -0.1) is 0 Å². The molecular weight excluding hydrogens is 672 g/mol. The summed E-state index contributed by atoms with van der Waals surface area (Å²) in [5, 5.41) is 120. The van der Waals surface area contributed by atoms with Gasteiger partial charge in [0.25, 0.3) is 0 Å². The van der Waals surface area contributed by atoms with Gasteiger partial charge >= 0.3 is 0 Å².